The normalized spacial score (nSPS) is 27.9. The molecular weight excluding hydrogens is 699 g/mol. The van der Waals surface area contributed by atoms with Gasteiger partial charge in [0.25, 0.3) is 5.91 Å². The summed E-state index contributed by atoms with van der Waals surface area (Å²) in [4.78, 5) is 73.8. The summed E-state index contributed by atoms with van der Waals surface area (Å²) in [6.45, 7) is 5.09. The van der Waals surface area contributed by atoms with E-state index < -0.39 is 80.2 Å². The van der Waals surface area contributed by atoms with E-state index in [2.05, 4.69) is 20.3 Å². The average Bonchev–Trinajstić information content (AvgIpc) is 3.93. The molecule has 1 aromatic carbocycles. The molecule has 2 aliphatic carbocycles. The lowest BCUT2D eigenvalue weighted by Crippen LogP contribution is -2.57. The smallest absolute Gasteiger partial charge is 0.413 e. The number of esters is 1. The van der Waals surface area contributed by atoms with Crippen LogP contribution in [0.25, 0.3) is 10.2 Å². The molecule has 14 nitrogen and oxygen atoms in total. The Morgan fingerprint density at radius 3 is 2.59 bits per heavy atom. The second-order valence-corrected chi connectivity index (χ2v) is 17.9. The number of benzene rings is 1. The zero-order valence-electron chi connectivity index (χ0n) is 29.0. The number of fused-ring (bicyclic) bond motifs is 3. The second-order valence-electron chi connectivity index (χ2n) is 14.9. The van der Waals surface area contributed by atoms with Crippen molar-refractivity contribution in [1.29, 1.82) is 0 Å². The van der Waals surface area contributed by atoms with Gasteiger partial charge < -0.3 is 19.7 Å². The first-order valence-electron chi connectivity index (χ1n) is 17.5. The van der Waals surface area contributed by atoms with Crippen LogP contribution in [-0.2, 0) is 38.7 Å². The van der Waals surface area contributed by atoms with Crippen molar-refractivity contribution in [3.63, 3.8) is 0 Å². The molecule has 4 amide bonds. The fourth-order valence-electron chi connectivity index (χ4n) is 6.76. The van der Waals surface area contributed by atoms with Crippen LogP contribution in [0, 0.1) is 11.8 Å². The summed E-state index contributed by atoms with van der Waals surface area (Å²) in [6, 6.07) is 6.22. The second kappa shape index (κ2) is 14.5. The maximum absolute atomic E-state index is 14.3. The zero-order chi connectivity index (χ0) is 36.6. The van der Waals surface area contributed by atoms with Crippen LogP contribution < -0.4 is 15.4 Å². The van der Waals surface area contributed by atoms with Crippen molar-refractivity contribution < 1.29 is 41.9 Å². The Hall–Kier alpha value is -4.05. The van der Waals surface area contributed by atoms with Crippen LogP contribution in [0.15, 0.2) is 36.4 Å². The van der Waals surface area contributed by atoms with Crippen LogP contribution >= 0.6 is 11.3 Å². The van der Waals surface area contributed by atoms with Gasteiger partial charge in [-0.3, -0.25) is 29.2 Å². The van der Waals surface area contributed by atoms with Gasteiger partial charge in [0.2, 0.25) is 21.8 Å². The van der Waals surface area contributed by atoms with Crippen molar-refractivity contribution in [3.8, 4) is 0 Å². The number of carbonyl (C=O) groups is 5. The van der Waals surface area contributed by atoms with Gasteiger partial charge in [0, 0.05) is 18.3 Å². The van der Waals surface area contributed by atoms with E-state index >= 15 is 0 Å². The number of para-hydroxylation sites is 1. The summed E-state index contributed by atoms with van der Waals surface area (Å²) >= 11 is 1.27. The Bertz CT molecular complexity index is 1800. The highest BCUT2D eigenvalue weighted by atomic mass is 32.2. The van der Waals surface area contributed by atoms with Crippen molar-refractivity contribution in [2.24, 2.45) is 11.8 Å². The number of thiazole rings is 1. The Kier molecular flexibility index (Phi) is 10.5. The minimum atomic E-state index is -3.90. The summed E-state index contributed by atoms with van der Waals surface area (Å²) in [6.07, 6.45) is 6.18. The lowest BCUT2D eigenvalue weighted by molar-refractivity contribution is -0.159. The Labute approximate surface area is 301 Å². The fraction of sp³-hybridized carbons (Fsp3) is 0.600. The number of hydrogen-bond donors (Lipinski definition) is 3. The molecule has 2 aromatic rings. The molecule has 1 aromatic heterocycles. The number of hydrogen-bond acceptors (Lipinski definition) is 11. The SMILES string of the molecule is CC(C)(C)OC(=O)C[C@H]1CCCCC/C=C\[C@@H]2C[C@@]2(C(=O)NS(=O)(=O)C2CC2)NC(=O)[C@@H]2C[C@@H](OC(=O)Nc3nc4ccccc4s3)CN2C1=O. The predicted octanol–water partition coefficient (Wildman–Crippen LogP) is 4.17. The van der Waals surface area contributed by atoms with Gasteiger partial charge in [0.1, 0.15) is 23.3 Å². The Morgan fingerprint density at radius 1 is 1.10 bits per heavy atom. The van der Waals surface area contributed by atoms with Crippen molar-refractivity contribution in [1.82, 2.24) is 19.9 Å². The van der Waals surface area contributed by atoms with Gasteiger partial charge in [-0.25, -0.2) is 18.2 Å². The molecule has 0 unspecified atom stereocenters. The van der Waals surface area contributed by atoms with Crippen LogP contribution in [0.4, 0.5) is 9.93 Å². The molecule has 0 bridgehead atoms. The maximum Gasteiger partial charge on any atom is 0.413 e. The molecule has 51 heavy (non-hydrogen) atoms. The van der Waals surface area contributed by atoms with Gasteiger partial charge in [-0.15, -0.1) is 0 Å². The summed E-state index contributed by atoms with van der Waals surface area (Å²) in [7, 11) is -3.90. The van der Waals surface area contributed by atoms with E-state index in [1.807, 2.05) is 36.4 Å². The predicted molar refractivity (Wildman–Crippen MR) is 189 cm³/mol. The van der Waals surface area contributed by atoms with E-state index in [0.29, 0.717) is 42.8 Å². The number of allylic oxidation sites excluding steroid dienone is 1. The van der Waals surface area contributed by atoms with Crippen LogP contribution in [0.1, 0.15) is 85.0 Å². The van der Waals surface area contributed by atoms with Crippen molar-refractivity contribution in [2.75, 3.05) is 11.9 Å². The molecule has 5 atom stereocenters. The summed E-state index contributed by atoms with van der Waals surface area (Å²) in [5.41, 5.74) is -1.58. The van der Waals surface area contributed by atoms with Crippen LogP contribution in [0.3, 0.4) is 0 Å². The molecule has 1 saturated heterocycles. The van der Waals surface area contributed by atoms with E-state index in [9.17, 15) is 32.4 Å². The highest BCUT2D eigenvalue weighted by molar-refractivity contribution is 7.91. The number of anilines is 1. The standard InChI is InChI=1S/C35H45N5O9S2/c1-34(2,3)49-28(41)17-21-11-7-5-4-6-8-12-22-19-35(22,31(44)39-51(46,47)24-15-16-24)38-29(42)26-18-23(20-40(26)30(21)43)48-33(45)37-32-36-25-13-9-10-14-27(25)50-32/h8-10,12-14,21-24,26H,4-7,11,15-20H2,1-3H3,(H,38,42)(H,39,44)(H,36,37,45)/b12-8-/t21-,22-,23-,26+,35-/m1/s1. The third-order valence-corrected chi connectivity index (χ3v) is 12.3. The van der Waals surface area contributed by atoms with E-state index in [1.54, 1.807) is 20.8 Å². The molecule has 3 heterocycles. The third kappa shape index (κ3) is 8.88. The lowest BCUT2D eigenvalue weighted by Gasteiger charge is -2.30. The zero-order valence-corrected chi connectivity index (χ0v) is 30.6. The molecule has 4 aliphatic rings. The minimum absolute atomic E-state index is 0.0808. The Morgan fingerprint density at radius 2 is 1.86 bits per heavy atom. The minimum Gasteiger partial charge on any atom is -0.460 e. The highest BCUT2D eigenvalue weighted by Gasteiger charge is 2.62. The largest absolute Gasteiger partial charge is 0.460 e. The number of carbonyl (C=O) groups excluding carboxylic acids is 5. The molecule has 3 N–H and O–H groups in total. The number of nitrogens with one attached hydrogen (secondary N) is 3. The molecule has 6 rings (SSSR count). The van der Waals surface area contributed by atoms with Gasteiger partial charge in [-0.2, -0.15) is 0 Å². The fourth-order valence-corrected chi connectivity index (χ4v) is 8.97. The first-order valence-corrected chi connectivity index (χ1v) is 19.9. The number of rotatable bonds is 7. The molecule has 0 radical (unpaired) electrons. The number of aromatic nitrogens is 1. The van der Waals surface area contributed by atoms with Crippen molar-refractivity contribution in [2.45, 2.75) is 114 Å². The van der Waals surface area contributed by atoms with Gasteiger partial charge in [0.05, 0.1) is 28.4 Å². The van der Waals surface area contributed by atoms with Gasteiger partial charge in [-0.1, -0.05) is 48.5 Å². The highest BCUT2D eigenvalue weighted by Crippen LogP contribution is 2.46. The van der Waals surface area contributed by atoms with Crippen LogP contribution in [0.5, 0.6) is 0 Å². The summed E-state index contributed by atoms with van der Waals surface area (Å²) < 4.78 is 39.8. The van der Waals surface area contributed by atoms with E-state index in [-0.39, 0.29) is 25.8 Å². The summed E-state index contributed by atoms with van der Waals surface area (Å²) in [5, 5.41) is 5.13. The van der Waals surface area contributed by atoms with E-state index in [0.717, 1.165) is 17.5 Å². The number of amides is 4. The van der Waals surface area contributed by atoms with Crippen molar-refractivity contribution in [3.05, 3.63) is 36.4 Å². The third-order valence-electron chi connectivity index (χ3n) is 9.56. The molecule has 3 fully saturated rings. The quantitative estimate of drug-likeness (QED) is 0.274. The van der Waals surface area contributed by atoms with Gasteiger partial charge >= 0.3 is 12.1 Å². The number of nitrogens with zero attached hydrogens (tertiary/aromatic N) is 2. The molecule has 0 spiro atoms. The molecule has 276 valence electrons. The average molecular weight is 744 g/mol. The monoisotopic (exact) mass is 743 g/mol. The molecule has 2 aliphatic heterocycles. The van der Waals surface area contributed by atoms with Crippen LogP contribution in [0.2, 0.25) is 0 Å². The summed E-state index contributed by atoms with van der Waals surface area (Å²) in [5.74, 6) is -3.75. The van der Waals surface area contributed by atoms with Crippen LogP contribution in [-0.4, -0.2) is 83.2 Å². The van der Waals surface area contributed by atoms with E-state index in [1.165, 1.54) is 16.2 Å². The molecule has 2 saturated carbocycles. The maximum atomic E-state index is 14.3. The Balaban J connectivity index is 1.24. The van der Waals surface area contributed by atoms with E-state index in [4.69, 9.17) is 9.47 Å². The first kappa shape index (κ1) is 36.7. The van der Waals surface area contributed by atoms with Gasteiger partial charge in [-0.05, 0) is 71.4 Å². The lowest BCUT2D eigenvalue weighted by atomic mass is 9.95. The van der Waals surface area contributed by atoms with Gasteiger partial charge in [0.15, 0.2) is 5.13 Å². The van der Waals surface area contributed by atoms with Crippen molar-refractivity contribution >= 4 is 66.5 Å². The molecule has 16 heteroatoms. The number of ether oxygens (including phenoxy) is 2. The topological polar surface area (TPSA) is 190 Å². The first-order chi connectivity index (χ1) is 24.1. The molecular formula is C35H45N5O9S2. The number of sulfonamides is 1.